The van der Waals surface area contributed by atoms with Crippen molar-refractivity contribution in [1.29, 1.82) is 0 Å². The fourth-order valence-corrected chi connectivity index (χ4v) is 5.07. The summed E-state index contributed by atoms with van der Waals surface area (Å²) in [4.78, 5) is 28.0. The van der Waals surface area contributed by atoms with Crippen LogP contribution in [0.5, 0.6) is 0 Å². The van der Waals surface area contributed by atoms with E-state index in [9.17, 15) is 14.7 Å². The van der Waals surface area contributed by atoms with Crippen LogP contribution in [0.4, 0.5) is 0 Å². The van der Waals surface area contributed by atoms with Gasteiger partial charge >= 0.3 is 5.97 Å². The second kappa shape index (κ2) is 11.4. The molecule has 1 unspecified atom stereocenters. The standard InChI is InChI=1S/C18H32N4O3.2ClH/c23-14-20-18(6-2-1-3-7-18)16(17(24)25)22-12-10-21(11-13-22)15-4-8-19-9-5-15;;/h14-16,19H,1-13H2,(H,20,23)(H,24,25);2*1H. The van der Waals surface area contributed by atoms with Crippen LogP contribution in [0.3, 0.4) is 0 Å². The third-order valence-corrected chi connectivity index (χ3v) is 6.39. The molecular weight excluding hydrogens is 391 g/mol. The van der Waals surface area contributed by atoms with Gasteiger partial charge in [0, 0.05) is 32.2 Å². The molecule has 158 valence electrons. The Kier molecular flexibility index (Phi) is 10.3. The molecule has 1 aliphatic carbocycles. The SMILES string of the molecule is Cl.Cl.O=CNC1(C(C(=O)O)N2CCN(C3CCNCC3)CC2)CCCCC1. The zero-order chi connectivity index (χ0) is 17.7. The number of rotatable bonds is 6. The zero-order valence-electron chi connectivity index (χ0n) is 15.9. The molecule has 0 aromatic heterocycles. The molecule has 1 saturated carbocycles. The maximum absolute atomic E-state index is 12.1. The number of hydrogen-bond acceptors (Lipinski definition) is 5. The van der Waals surface area contributed by atoms with E-state index in [1.807, 2.05) is 0 Å². The van der Waals surface area contributed by atoms with Crippen LogP contribution in [0.1, 0.15) is 44.9 Å². The van der Waals surface area contributed by atoms with E-state index in [4.69, 9.17) is 0 Å². The Morgan fingerprint density at radius 2 is 1.67 bits per heavy atom. The van der Waals surface area contributed by atoms with E-state index in [1.165, 1.54) is 12.8 Å². The molecular formula is C18H34Cl2N4O3. The summed E-state index contributed by atoms with van der Waals surface area (Å²) in [6.45, 7) is 5.54. The summed E-state index contributed by atoms with van der Waals surface area (Å²) >= 11 is 0. The Labute approximate surface area is 174 Å². The number of carbonyl (C=O) groups is 2. The molecule has 0 aromatic carbocycles. The first kappa shape index (κ1) is 24.4. The lowest BCUT2D eigenvalue weighted by Crippen LogP contribution is -2.67. The van der Waals surface area contributed by atoms with Crippen molar-refractivity contribution in [3.8, 4) is 0 Å². The molecule has 27 heavy (non-hydrogen) atoms. The van der Waals surface area contributed by atoms with Gasteiger partial charge in [-0.1, -0.05) is 19.3 Å². The van der Waals surface area contributed by atoms with Crippen molar-refractivity contribution in [2.24, 2.45) is 0 Å². The molecule has 2 saturated heterocycles. The highest BCUT2D eigenvalue weighted by Gasteiger charge is 2.47. The third kappa shape index (κ3) is 5.70. The number of piperidine rings is 1. The molecule has 1 atom stereocenters. The quantitative estimate of drug-likeness (QED) is 0.553. The number of hydrogen-bond donors (Lipinski definition) is 3. The van der Waals surface area contributed by atoms with Crippen LogP contribution >= 0.6 is 24.8 Å². The molecule has 3 rings (SSSR count). The molecule has 2 aliphatic heterocycles. The smallest absolute Gasteiger partial charge is 0.323 e. The van der Waals surface area contributed by atoms with Gasteiger partial charge in [0.1, 0.15) is 6.04 Å². The van der Waals surface area contributed by atoms with Gasteiger partial charge in [0.15, 0.2) is 0 Å². The second-order valence-corrected chi connectivity index (χ2v) is 7.77. The van der Waals surface area contributed by atoms with Gasteiger partial charge in [0.05, 0.1) is 5.54 Å². The largest absolute Gasteiger partial charge is 0.480 e. The number of nitrogens with zero attached hydrogens (tertiary/aromatic N) is 2. The lowest BCUT2D eigenvalue weighted by Gasteiger charge is -2.49. The summed E-state index contributed by atoms with van der Waals surface area (Å²) in [6.07, 6.45) is 7.68. The van der Waals surface area contributed by atoms with Crippen molar-refractivity contribution in [1.82, 2.24) is 20.4 Å². The lowest BCUT2D eigenvalue weighted by molar-refractivity contribution is -0.149. The Morgan fingerprint density at radius 3 is 2.19 bits per heavy atom. The van der Waals surface area contributed by atoms with Gasteiger partial charge < -0.3 is 15.7 Å². The van der Waals surface area contributed by atoms with Crippen LogP contribution in [0.25, 0.3) is 0 Å². The maximum atomic E-state index is 12.1. The molecule has 7 nitrogen and oxygen atoms in total. The van der Waals surface area contributed by atoms with Gasteiger partial charge in [-0.2, -0.15) is 0 Å². The summed E-state index contributed by atoms with van der Waals surface area (Å²) < 4.78 is 0. The van der Waals surface area contributed by atoms with Crippen LogP contribution in [0.15, 0.2) is 0 Å². The summed E-state index contributed by atoms with van der Waals surface area (Å²) in [5.74, 6) is -0.799. The molecule has 0 radical (unpaired) electrons. The third-order valence-electron chi connectivity index (χ3n) is 6.39. The molecule has 1 amide bonds. The van der Waals surface area contributed by atoms with Crippen LogP contribution in [0, 0.1) is 0 Å². The van der Waals surface area contributed by atoms with Crippen molar-refractivity contribution in [3.63, 3.8) is 0 Å². The number of piperazine rings is 1. The molecule has 0 spiro atoms. The Balaban J connectivity index is 0.00000182. The first-order valence-corrected chi connectivity index (χ1v) is 9.79. The van der Waals surface area contributed by atoms with Gasteiger partial charge in [-0.05, 0) is 38.8 Å². The number of nitrogens with one attached hydrogen (secondary N) is 2. The average molecular weight is 425 g/mol. The molecule has 2 heterocycles. The molecule has 3 aliphatic rings. The monoisotopic (exact) mass is 424 g/mol. The molecule has 0 aromatic rings. The van der Waals surface area contributed by atoms with Crippen LogP contribution in [-0.4, -0.2) is 84.2 Å². The molecule has 0 bridgehead atoms. The first-order valence-electron chi connectivity index (χ1n) is 9.79. The summed E-state index contributed by atoms with van der Waals surface area (Å²) in [5.41, 5.74) is -0.608. The predicted octanol–water partition coefficient (Wildman–Crippen LogP) is 1.10. The van der Waals surface area contributed by atoms with E-state index in [1.54, 1.807) is 0 Å². The van der Waals surface area contributed by atoms with E-state index in [-0.39, 0.29) is 24.8 Å². The normalized spacial score (nSPS) is 25.5. The van der Waals surface area contributed by atoms with Crippen LogP contribution < -0.4 is 10.6 Å². The molecule has 3 fully saturated rings. The summed E-state index contributed by atoms with van der Waals surface area (Å²) in [6, 6.07) is 0.0107. The topological polar surface area (TPSA) is 84.9 Å². The van der Waals surface area contributed by atoms with E-state index in [0.717, 1.165) is 71.4 Å². The maximum Gasteiger partial charge on any atom is 0.323 e. The van der Waals surface area contributed by atoms with Gasteiger partial charge in [-0.25, -0.2) is 0 Å². The fourth-order valence-electron chi connectivity index (χ4n) is 5.07. The van der Waals surface area contributed by atoms with Gasteiger partial charge in [-0.3, -0.25) is 19.4 Å². The minimum absolute atomic E-state index is 0. The van der Waals surface area contributed by atoms with Gasteiger partial charge in [0.25, 0.3) is 0 Å². The number of carboxylic acids is 1. The number of aliphatic carboxylic acids is 1. The van der Waals surface area contributed by atoms with E-state index in [2.05, 4.69) is 20.4 Å². The fraction of sp³-hybridized carbons (Fsp3) is 0.889. The summed E-state index contributed by atoms with van der Waals surface area (Å²) in [5, 5.41) is 16.3. The van der Waals surface area contributed by atoms with Crippen LogP contribution in [-0.2, 0) is 9.59 Å². The number of halogens is 2. The molecule has 9 heteroatoms. The number of amides is 1. The van der Waals surface area contributed by atoms with Crippen molar-refractivity contribution in [3.05, 3.63) is 0 Å². The van der Waals surface area contributed by atoms with Crippen molar-refractivity contribution >= 4 is 37.2 Å². The van der Waals surface area contributed by atoms with Crippen molar-refractivity contribution in [2.75, 3.05) is 39.3 Å². The Bertz CT molecular complexity index is 464. The van der Waals surface area contributed by atoms with E-state index in [0.29, 0.717) is 12.5 Å². The van der Waals surface area contributed by atoms with Gasteiger partial charge in [-0.15, -0.1) is 24.8 Å². The van der Waals surface area contributed by atoms with Crippen molar-refractivity contribution in [2.45, 2.75) is 62.6 Å². The van der Waals surface area contributed by atoms with Gasteiger partial charge in [0.2, 0.25) is 6.41 Å². The zero-order valence-corrected chi connectivity index (χ0v) is 17.5. The Hall–Kier alpha value is -0.600. The van der Waals surface area contributed by atoms with E-state index >= 15 is 0 Å². The minimum atomic E-state index is -0.799. The summed E-state index contributed by atoms with van der Waals surface area (Å²) in [7, 11) is 0. The highest BCUT2D eigenvalue weighted by molar-refractivity contribution is 5.85. The van der Waals surface area contributed by atoms with E-state index < -0.39 is 17.6 Å². The second-order valence-electron chi connectivity index (χ2n) is 7.77. The average Bonchev–Trinajstić information content (AvgIpc) is 2.64. The molecule has 3 N–H and O–H groups in total. The number of carboxylic acid groups (broad SMARTS) is 1. The highest BCUT2D eigenvalue weighted by atomic mass is 35.5. The Morgan fingerprint density at radius 1 is 1.07 bits per heavy atom. The lowest BCUT2D eigenvalue weighted by atomic mass is 9.75. The minimum Gasteiger partial charge on any atom is -0.480 e. The highest BCUT2D eigenvalue weighted by Crippen LogP contribution is 2.34. The predicted molar refractivity (Wildman–Crippen MR) is 110 cm³/mol. The number of carbonyl (C=O) groups excluding carboxylic acids is 1. The van der Waals surface area contributed by atoms with Crippen LogP contribution in [0.2, 0.25) is 0 Å². The first-order chi connectivity index (χ1) is 12.2. The van der Waals surface area contributed by atoms with Crippen molar-refractivity contribution < 1.29 is 14.7 Å².